The SMILES string of the molecule is NC(=O)c1nc(OCCCl)cnc1O. The van der Waals surface area contributed by atoms with Crippen molar-refractivity contribution in [2.24, 2.45) is 5.73 Å². The third-order valence-electron chi connectivity index (χ3n) is 1.29. The van der Waals surface area contributed by atoms with E-state index in [1.54, 1.807) is 0 Å². The minimum Gasteiger partial charge on any atom is -0.492 e. The van der Waals surface area contributed by atoms with Gasteiger partial charge < -0.3 is 15.6 Å². The average molecular weight is 218 g/mol. The Kier molecular flexibility index (Phi) is 3.47. The first-order valence-corrected chi connectivity index (χ1v) is 4.23. The van der Waals surface area contributed by atoms with E-state index < -0.39 is 11.8 Å². The number of aromatic hydroxyl groups is 1. The van der Waals surface area contributed by atoms with Crippen LogP contribution >= 0.6 is 11.6 Å². The molecule has 1 amide bonds. The maximum Gasteiger partial charge on any atom is 0.273 e. The summed E-state index contributed by atoms with van der Waals surface area (Å²) >= 11 is 5.37. The molecule has 0 spiro atoms. The van der Waals surface area contributed by atoms with Gasteiger partial charge in [-0.3, -0.25) is 4.79 Å². The van der Waals surface area contributed by atoms with E-state index in [0.717, 1.165) is 0 Å². The quantitative estimate of drug-likeness (QED) is 0.687. The molecule has 14 heavy (non-hydrogen) atoms. The van der Waals surface area contributed by atoms with Crippen molar-refractivity contribution in [3.63, 3.8) is 0 Å². The summed E-state index contributed by atoms with van der Waals surface area (Å²) in [5.41, 5.74) is 4.61. The van der Waals surface area contributed by atoms with Gasteiger partial charge in [0.2, 0.25) is 11.8 Å². The van der Waals surface area contributed by atoms with Gasteiger partial charge in [-0.05, 0) is 0 Å². The molecule has 0 atom stereocenters. The fourth-order valence-electron chi connectivity index (χ4n) is 0.745. The second kappa shape index (κ2) is 4.61. The molecule has 0 fully saturated rings. The molecule has 0 aliphatic heterocycles. The number of alkyl halides is 1. The van der Waals surface area contributed by atoms with Gasteiger partial charge in [0.15, 0.2) is 5.69 Å². The molecule has 1 aromatic rings. The lowest BCUT2D eigenvalue weighted by Gasteiger charge is -2.03. The third-order valence-corrected chi connectivity index (χ3v) is 1.45. The van der Waals surface area contributed by atoms with E-state index in [0.29, 0.717) is 0 Å². The van der Waals surface area contributed by atoms with Gasteiger partial charge in [0.1, 0.15) is 6.61 Å². The van der Waals surface area contributed by atoms with E-state index in [1.165, 1.54) is 6.20 Å². The van der Waals surface area contributed by atoms with Crippen LogP contribution in [-0.2, 0) is 0 Å². The van der Waals surface area contributed by atoms with Crippen molar-refractivity contribution in [2.45, 2.75) is 0 Å². The molecule has 0 bridgehead atoms. The fraction of sp³-hybridized carbons (Fsp3) is 0.286. The lowest BCUT2D eigenvalue weighted by atomic mass is 10.4. The van der Waals surface area contributed by atoms with Crippen LogP contribution in [0.5, 0.6) is 11.8 Å². The number of primary amides is 1. The zero-order chi connectivity index (χ0) is 10.6. The van der Waals surface area contributed by atoms with Crippen molar-refractivity contribution in [2.75, 3.05) is 12.5 Å². The van der Waals surface area contributed by atoms with Crippen LogP contribution < -0.4 is 10.5 Å². The Balaban J connectivity index is 2.89. The highest BCUT2D eigenvalue weighted by atomic mass is 35.5. The lowest BCUT2D eigenvalue weighted by Crippen LogP contribution is -2.14. The highest BCUT2D eigenvalue weighted by molar-refractivity contribution is 6.18. The minimum atomic E-state index is -0.869. The Morgan fingerprint density at radius 2 is 2.43 bits per heavy atom. The lowest BCUT2D eigenvalue weighted by molar-refractivity contribution is 0.0990. The molecule has 6 nitrogen and oxygen atoms in total. The van der Waals surface area contributed by atoms with Crippen LogP contribution in [0.1, 0.15) is 10.5 Å². The molecule has 1 heterocycles. The van der Waals surface area contributed by atoms with Gasteiger partial charge in [-0.25, -0.2) is 9.97 Å². The number of carbonyl (C=O) groups excluding carboxylic acids is 1. The van der Waals surface area contributed by atoms with Crippen LogP contribution in [0, 0.1) is 0 Å². The van der Waals surface area contributed by atoms with Gasteiger partial charge in [-0.15, -0.1) is 11.6 Å². The monoisotopic (exact) mass is 217 g/mol. The Labute approximate surface area is 84.7 Å². The average Bonchev–Trinajstić information content (AvgIpc) is 2.16. The number of hydrogen-bond acceptors (Lipinski definition) is 5. The Morgan fingerprint density at radius 1 is 1.71 bits per heavy atom. The van der Waals surface area contributed by atoms with E-state index in [1.807, 2.05) is 0 Å². The predicted octanol–water partition coefficient (Wildman–Crippen LogP) is -0.101. The first-order valence-electron chi connectivity index (χ1n) is 3.69. The Hall–Kier alpha value is -1.56. The smallest absolute Gasteiger partial charge is 0.273 e. The van der Waals surface area contributed by atoms with Crippen LogP contribution in [0.2, 0.25) is 0 Å². The zero-order valence-electron chi connectivity index (χ0n) is 7.11. The zero-order valence-corrected chi connectivity index (χ0v) is 7.86. The molecule has 0 radical (unpaired) electrons. The molecular weight excluding hydrogens is 210 g/mol. The van der Waals surface area contributed by atoms with Crippen LogP contribution in [0.25, 0.3) is 0 Å². The molecule has 0 saturated carbocycles. The number of ether oxygens (including phenoxy) is 1. The van der Waals surface area contributed by atoms with Crippen LogP contribution in [0.3, 0.4) is 0 Å². The summed E-state index contributed by atoms with van der Waals surface area (Å²) in [7, 11) is 0. The number of halogens is 1. The maximum absolute atomic E-state index is 10.7. The van der Waals surface area contributed by atoms with Crippen molar-refractivity contribution in [3.8, 4) is 11.8 Å². The van der Waals surface area contributed by atoms with Gasteiger partial charge in [0.25, 0.3) is 5.91 Å². The maximum atomic E-state index is 10.7. The first-order chi connectivity index (χ1) is 6.65. The van der Waals surface area contributed by atoms with E-state index in [4.69, 9.17) is 27.2 Å². The van der Waals surface area contributed by atoms with Crippen LogP contribution in [0.4, 0.5) is 0 Å². The topological polar surface area (TPSA) is 98.3 Å². The van der Waals surface area contributed by atoms with Crippen molar-refractivity contribution in [3.05, 3.63) is 11.9 Å². The summed E-state index contributed by atoms with van der Waals surface area (Å²) in [6.07, 6.45) is 1.17. The molecular formula is C7H8ClN3O3. The summed E-state index contributed by atoms with van der Waals surface area (Å²) in [4.78, 5) is 17.8. The summed E-state index contributed by atoms with van der Waals surface area (Å²) in [6, 6.07) is 0. The van der Waals surface area contributed by atoms with Crippen molar-refractivity contribution in [1.29, 1.82) is 0 Å². The highest BCUT2D eigenvalue weighted by Gasteiger charge is 2.12. The van der Waals surface area contributed by atoms with E-state index >= 15 is 0 Å². The first kappa shape index (κ1) is 10.5. The van der Waals surface area contributed by atoms with Gasteiger partial charge in [-0.2, -0.15) is 0 Å². The normalized spacial score (nSPS) is 9.79. The Bertz CT molecular complexity index is 345. The number of nitrogens with two attached hydrogens (primary N) is 1. The molecule has 1 rings (SSSR count). The number of amides is 1. The summed E-state index contributed by atoms with van der Waals surface area (Å²) in [5, 5.41) is 9.07. The number of nitrogens with zero attached hydrogens (tertiary/aromatic N) is 2. The standard InChI is InChI=1S/C7H8ClN3O3/c8-1-2-14-4-3-10-7(13)5(11-4)6(9)12/h3H,1-2H2,(H2,9,12)(H,10,13). The van der Waals surface area contributed by atoms with Gasteiger partial charge in [0.05, 0.1) is 12.1 Å². The second-order valence-corrected chi connectivity index (χ2v) is 2.66. The van der Waals surface area contributed by atoms with Gasteiger partial charge in [0, 0.05) is 0 Å². The molecule has 7 heteroatoms. The molecule has 1 aromatic heterocycles. The predicted molar refractivity (Wildman–Crippen MR) is 48.4 cm³/mol. The Morgan fingerprint density at radius 3 is 3.00 bits per heavy atom. The summed E-state index contributed by atoms with van der Waals surface area (Å²) in [6.45, 7) is 0.235. The largest absolute Gasteiger partial charge is 0.492 e. The number of rotatable bonds is 4. The van der Waals surface area contributed by atoms with Crippen LogP contribution in [0.15, 0.2) is 6.20 Å². The van der Waals surface area contributed by atoms with E-state index in [-0.39, 0.29) is 24.1 Å². The van der Waals surface area contributed by atoms with Crippen molar-refractivity contribution in [1.82, 2.24) is 9.97 Å². The molecule has 3 N–H and O–H groups in total. The molecule has 0 unspecified atom stereocenters. The minimum absolute atomic E-state index is 0.0947. The summed E-state index contributed by atoms with van der Waals surface area (Å²) < 4.78 is 4.98. The van der Waals surface area contributed by atoms with Crippen molar-refractivity contribution >= 4 is 17.5 Å². The third kappa shape index (κ3) is 2.46. The van der Waals surface area contributed by atoms with Gasteiger partial charge >= 0.3 is 0 Å². The number of carbonyl (C=O) groups is 1. The van der Waals surface area contributed by atoms with E-state index in [2.05, 4.69) is 9.97 Å². The molecule has 76 valence electrons. The van der Waals surface area contributed by atoms with Crippen LogP contribution in [-0.4, -0.2) is 33.5 Å². The molecule has 0 saturated heterocycles. The molecule has 0 aliphatic carbocycles. The number of aromatic nitrogens is 2. The molecule has 0 aromatic carbocycles. The molecule has 0 aliphatic rings. The summed E-state index contributed by atoms with van der Waals surface area (Å²) in [5.74, 6) is -1.01. The van der Waals surface area contributed by atoms with Crippen molar-refractivity contribution < 1.29 is 14.6 Å². The highest BCUT2D eigenvalue weighted by Crippen LogP contribution is 2.14. The van der Waals surface area contributed by atoms with E-state index in [9.17, 15) is 4.79 Å². The second-order valence-electron chi connectivity index (χ2n) is 2.28. The fourth-order valence-corrected chi connectivity index (χ4v) is 0.822. The van der Waals surface area contributed by atoms with Gasteiger partial charge in [-0.1, -0.05) is 0 Å². The number of hydrogen-bond donors (Lipinski definition) is 2.